The van der Waals surface area contributed by atoms with Gasteiger partial charge in [0.25, 0.3) is 5.56 Å². The zero-order valence-electron chi connectivity index (χ0n) is 19.9. The van der Waals surface area contributed by atoms with E-state index in [0.29, 0.717) is 43.5 Å². The number of nitrogens with zero attached hydrogens (tertiary/aromatic N) is 3. The maximum atomic E-state index is 13.5. The van der Waals surface area contributed by atoms with Gasteiger partial charge in [0.15, 0.2) is 0 Å². The van der Waals surface area contributed by atoms with Crippen molar-refractivity contribution in [1.29, 1.82) is 0 Å². The number of esters is 1. The molecule has 10 heteroatoms. The number of methoxy groups -OCH3 is 1. The molecular formula is C25H31N5O5. The predicted molar refractivity (Wildman–Crippen MR) is 127 cm³/mol. The van der Waals surface area contributed by atoms with Gasteiger partial charge < -0.3 is 18.9 Å². The number of hydrazine groups is 1. The van der Waals surface area contributed by atoms with E-state index in [2.05, 4.69) is 15.8 Å². The second kappa shape index (κ2) is 10.2. The van der Waals surface area contributed by atoms with Crippen molar-refractivity contribution >= 4 is 11.9 Å². The van der Waals surface area contributed by atoms with Gasteiger partial charge in [0, 0.05) is 56.0 Å². The summed E-state index contributed by atoms with van der Waals surface area (Å²) in [7, 11) is 1.30. The molecule has 3 unspecified atom stereocenters. The average molecular weight is 482 g/mol. The van der Waals surface area contributed by atoms with Crippen molar-refractivity contribution in [2.24, 2.45) is 5.92 Å². The maximum absolute atomic E-state index is 13.5. The number of carbonyl (C=O) groups is 2. The number of hydrogen-bond donors (Lipinski definition) is 2. The Labute approximate surface area is 203 Å². The summed E-state index contributed by atoms with van der Waals surface area (Å²) in [5.41, 5.74) is 7.68. The third-order valence-electron chi connectivity index (χ3n) is 7.33. The number of rotatable bonds is 5. The number of amides is 1. The van der Waals surface area contributed by atoms with Gasteiger partial charge in [-0.15, -0.1) is 0 Å². The Morgan fingerprint density at radius 2 is 2.00 bits per heavy atom. The van der Waals surface area contributed by atoms with E-state index in [1.807, 2.05) is 6.07 Å². The van der Waals surface area contributed by atoms with Gasteiger partial charge in [0.05, 0.1) is 12.8 Å². The van der Waals surface area contributed by atoms with Crippen molar-refractivity contribution in [2.75, 3.05) is 20.2 Å². The van der Waals surface area contributed by atoms with Gasteiger partial charge in [0.1, 0.15) is 24.0 Å². The zero-order chi connectivity index (χ0) is 24.4. The lowest BCUT2D eigenvalue weighted by molar-refractivity contribution is -0.134. The molecule has 0 radical (unpaired) electrons. The van der Waals surface area contributed by atoms with E-state index in [4.69, 9.17) is 9.47 Å². The second-order valence-electron chi connectivity index (χ2n) is 9.32. The number of carbonyl (C=O) groups excluding carboxylic acids is 2. The molecule has 0 spiro atoms. The first-order chi connectivity index (χ1) is 17.1. The summed E-state index contributed by atoms with van der Waals surface area (Å²) in [6, 6.07) is 6.83. The Balaban J connectivity index is 1.38. The molecule has 2 fully saturated rings. The van der Waals surface area contributed by atoms with Crippen LogP contribution in [0.1, 0.15) is 47.4 Å². The monoisotopic (exact) mass is 481 g/mol. The van der Waals surface area contributed by atoms with Crippen molar-refractivity contribution in [3.63, 3.8) is 0 Å². The topological polar surface area (TPSA) is 115 Å². The summed E-state index contributed by atoms with van der Waals surface area (Å²) in [5, 5.41) is 0. The average Bonchev–Trinajstić information content (AvgIpc) is 3.19. The lowest BCUT2D eigenvalue weighted by Gasteiger charge is -2.30. The van der Waals surface area contributed by atoms with Gasteiger partial charge in [-0.25, -0.2) is 10.2 Å². The van der Waals surface area contributed by atoms with Crippen molar-refractivity contribution in [1.82, 2.24) is 25.3 Å². The van der Waals surface area contributed by atoms with Crippen LogP contribution < -0.4 is 21.1 Å². The highest BCUT2D eigenvalue weighted by Crippen LogP contribution is 2.31. The number of hydrogen-bond acceptors (Lipinski definition) is 8. The lowest BCUT2D eigenvalue weighted by atomic mass is 9.81. The van der Waals surface area contributed by atoms with E-state index in [0.717, 1.165) is 19.3 Å². The number of ether oxygens (including phenoxy) is 2. The predicted octanol–water partition coefficient (Wildman–Crippen LogP) is 1.03. The van der Waals surface area contributed by atoms with Crippen LogP contribution >= 0.6 is 0 Å². The summed E-state index contributed by atoms with van der Waals surface area (Å²) >= 11 is 0. The first-order valence-electron chi connectivity index (χ1n) is 12.2. The SMILES string of the molecule is COC(=O)c1c(OCc2ccccn2)cc(=O)n2c1CCN(C(=O)C1NNC3CCCCC31)CC2. The van der Waals surface area contributed by atoms with E-state index >= 15 is 0 Å². The molecule has 186 valence electrons. The minimum Gasteiger partial charge on any atom is -0.486 e. The van der Waals surface area contributed by atoms with Gasteiger partial charge in [0.2, 0.25) is 5.91 Å². The Hall–Kier alpha value is -3.24. The van der Waals surface area contributed by atoms with Crippen molar-refractivity contribution in [3.05, 3.63) is 57.8 Å². The molecule has 35 heavy (non-hydrogen) atoms. The molecule has 0 bridgehead atoms. The van der Waals surface area contributed by atoms with Crippen LogP contribution in [0.4, 0.5) is 0 Å². The number of nitrogens with one attached hydrogen (secondary N) is 2. The molecule has 1 saturated carbocycles. The molecule has 1 amide bonds. The second-order valence-corrected chi connectivity index (χ2v) is 9.32. The number of fused-ring (bicyclic) bond motifs is 2. The van der Waals surface area contributed by atoms with Gasteiger partial charge in [-0.2, -0.15) is 0 Å². The molecule has 5 rings (SSSR count). The third kappa shape index (κ3) is 4.68. The van der Waals surface area contributed by atoms with Gasteiger partial charge in [-0.05, 0) is 25.0 Å². The molecular weight excluding hydrogens is 450 g/mol. The molecule has 4 heterocycles. The van der Waals surface area contributed by atoms with Crippen LogP contribution in [0.2, 0.25) is 0 Å². The first-order valence-corrected chi connectivity index (χ1v) is 12.2. The van der Waals surface area contributed by atoms with E-state index in [1.165, 1.54) is 19.6 Å². The highest BCUT2D eigenvalue weighted by atomic mass is 16.5. The van der Waals surface area contributed by atoms with Crippen LogP contribution in [-0.2, 0) is 29.1 Å². The van der Waals surface area contributed by atoms with E-state index < -0.39 is 5.97 Å². The molecule has 0 aromatic carbocycles. The van der Waals surface area contributed by atoms with E-state index in [-0.39, 0.29) is 41.3 Å². The van der Waals surface area contributed by atoms with E-state index in [1.54, 1.807) is 27.8 Å². The fraction of sp³-hybridized carbons (Fsp3) is 0.520. The molecule has 2 aromatic heterocycles. The summed E-state index contributed by atoms with van der Waals surface area (Å²) in [4.78, 5) is 45.3. The number of aromatic nitrogens is 2. The molecule has 3 atom stereocenters. The van der Waals surface area contributed by atoms with Crippen molar-refractivity contribution in [3.8, 4) is 5.75 Å². The minimum atomic E-state index is -0.573. The molecule has 1 saturated heterocycles. The number of pyridine rings is 2. The van der Waals surface area contributed by atoms with E-state index in [9.17, 15) is 14.4 Å². The first kappa shape index (κ1) is 23.5. The summed E-state index contributed by atoms with van der Waals surface area (Å²) < 4.78 is 12.5. The van der Waals surface area contributed by atoms with Crippen molar-refractivity contribution in [2.45, 2.75) is 57.3 Å². The maximum Gasteiger partial charge on any atom is 0.343 e. The summed E-state index contributed by atoms with van der Waals surface area (Å²) in [5.74, 6) is -0.0812. The van der Waals surface area contributed by atoms with Crippen LogP contribution in [0.5, 0.6) is 5.75 Å². The standard InChI is InChI=1S/C25H31N5O5/c1-34-25(33)22-19-9-11-29(24(32)23-17-7-2-3-8-18(17)27-28-23)12-13-30(19)21(31)14-20(22)35-15-16-6-4-5-10-26-16/h4-6,10,14,17-18,23,27-28H,2-3,7-9,11-13,15H2,1H3. The fourth-order valence-electron chi connectivity index (χ4n) is 5.52. The molecule has 2 aliphatic heterocycles. The highest BCUT2D eigenvalue weighted by Gasteiger charge is 2.42. The molecule has 2 N–H and O–H groups in total. The van der Waals surface area contributed by atoms with Crippen LogP contribution in [0.15, 0.2) is 35.3 Å². The Kier molecular flexibility index (Phi) is 6.83. The van der Waals surface area contributed by atoms with Crippen LogP contribution in [0.25, 0.3) is 0 Å². The van der Waals surface area contributed by atoms with Crippen LogP contribution in [-0.4, -0.2) is 58.6 Å². The largest absolute Gasteiger partial charge is 0.486 e. The Morgan fingerprint density at radius 1 is 1.14 bits per heavy atom. The Morgan fingerprint density at radius 3 is 2.80 bits per heavy atom. The van der Waals surface area contributed by atoms with Crippen LogP contribution in [0.3, 0.4) is 0 Å². The van der Waals surface area contributed by atoms with Gasteiger partial charge in [-0.1, -0.05) is 18.9 Å². The molecule has 3 aliphatic rings. The zero-order valence-corrected chi connectivity index (χ0v) is 19.9. The smallest absolute Gasteiger partial charge is 0.343 e. The Bertz CT molecular complexity index is 1150. The quantitative estimate of drug-likeness (QED) is 0.609. The third-order valence-corrected chi connectivity index (χ3v) is 7.33. The lowest BCUT2D eigenvalue weighted by Crippen LogP contribution is -2.48. The normalized spacial score (nSPS) is 23.7. The molecule has 1 aliphatic carbocycles. The molecule has 10 nitrogen and oxygen atoms in total. The minimum absolute atomic E-state index is 0.0407. The molecule has 2 aromatic rings. The fourth-order valence-corrected chi connectivity index (χ4v) is 5.52. The van der Waals surface area contributed by atoms with Gasteiger partial charge >= 0.3 is 5.97 Å². The van der Waals surface area contributed by atoms with Gasteiger partial charge in [-0.3, -0.25) is 20.0 Å². The highest BCUT2D eigenvalue weighted by molar-refractivity contribution is 5.93. The summed E-state index contributed by atoms with van der Waals surface area (Å²) in [6.45, 7) is 1.22. The summed E-state index contributed by atoms with van der Waals surface area (Å²) in [6.07, 6.45) is 6.42. The van der Waals surface area contributed by atoms with Crippen LogP contribution in [0, 0.1) is 5.92 Å². The van der Waals surface area contributed by atoms with Crippen molar-refractivity contribution < 1.29 is 19.1 Å².